The molecule has 4 aromatic rings. The van der Waals surface area contributed by atoms with Crippen molar-refractivity contribution in [1.29, 1.82) is 0 Å². The highest BCUT2D eigenvalue weighted by molar-refractivity contribution is 6.31. The fourth-order valence-corrected chi connectivity index (χ4v) is 3.61. The molecule has 2 N–H and O–H groups in total. The summed E-state index contributed by atoms with van der Waals surface area (Å²) in [6.45, 7) is 2.08. The number of pyridine rings is 1. The van der Waals surface area contributed by atoms with E-state index in [0.29, 0.717) is 27.5 Å². The predicted octanol–water partition coefficient (Wildman–Crippen LogP) is 5.36. The number of rotatable bonds is 6. The van der Waals surface area contributed by atoms with Crippen LogP contribution < -0.4 is 16.2 Å². The summed E-state index contributed by atoms with van der Waals surface area (Å²) in [4.78, 5) is 37.9. The van der Waals surface area contributed by atoms with Crippen molar-refractivity contribution < 1.29 is 9.59 Å². The first-order chi connectivity index (χ1) is 16.4. The number of nitrogens with zero attached hydrogens (tertiary/aromatic N) is 1. The Morgan fingerprint density at radius 1 is 0.824 bits per heavy atom. The molecule has 34 heavy (non-hydrogen) atoms. The Morgan fingerprint density at radius 3 is 2.26 bits per heavy atom. The lowest BCUT2D eigenvalue weighted by Crippen LogP contribution is -2.23. The predicted molar refractivity (Wildman–Crippen MR) is 135 cm³/mol. The second-order valence-electron chi connectivity index (χ2n) is 7.78. The number of halogens is 1. The molecule has 6 nitrogen and oxygen atoms in total. The maximum absolute atomic E-state index is 13.0. The number of carbonyl (C=O) groups excluding carboxylic acids is 2. The molecule has 170 valence electrons. The van der Waals surface area contributed by atoms with Crippen molar-refractivity contribution in [1.82, 2.24) is 4.57 Å². The third kappa shape index (κ3) is 5.42. The van der Waals surface area contributed by atoms with Gasteiger partial charge < -0.3 is 15.2 Å². The van der Waals surface area contributed by atoms with Gasteiger partial charge in [0.2, 0.25) is 0 Å². The first-order valence-electron chi connectivity index (χ1n) is 10.6. The minimum Gasteiger partial charge on any atom is -0.322 e. The molecule has 0 saturated carbocycles. The second-order valence-corrected chi connectivity index (χ2v) is 8.19. The molecule has 0 aliphatic rings. The summed E-state index contributed by atoms with van der Waals surface area (Å²) in [6.07, 6.45) is 1.50. The zero-order valence-corrected chi connectivity index (χ0v) is 19.2. The summed E-state index contributed by atoms with van der Waals surface area (Å²) in [6, 6.07) is 24.3. The van der Waals surface area contributed by atoms with Crippen molar-refractivity contribution in [3.05, 3.63) is 129 Å². The molecule has 2 amide bonds. The molecule has 3 aromatic carbocycles. The monoisotopic (exact) mass is 471 g/mol. The smallest absolute Gasteiger partial charge is 0.257 e. The SMILES string of the molecule is Cc1ccc(C(=O)Nc2ccccc2)cc1NC(=O)c1ccc(=O)n(Cc2ccccc2Cl)c1. The van der Waals surface area contributed by atoms with Crippen LogP contribution in [0.2, 0.25) is 5.02 Å². The molecule has 0 aliphatic carbocycles. The van der Waals surface area contributed by atoms with Crippen LogP contribution in [0.1, 0.15) is 31.8 Å². The van der Waals surface area contributed by atoms with Crippen LogP contribution in [0.4, 0.5) is 11.4 Å². The van der Waals surface area contributed by atoms with E-state index in [0.717, 1.165) is 11.1 Å². The number of aromatic nitrogens is 1. The zero-order valence-electron chi connectivity index (χ0n) is 18.4. The highest BCUT2D eigenvalue weighted by Crippen LogP contribution is 2.20. The number of nitrogens with one attached hydrogen (secondary N) is 2. The van der Waals surface area contributed by atoms with E-state index in [1.54, 1.807) is 36.4 Å². The van der Waals surface area contributed by atoms with Gasteiger partial charge in [-0.3, -0.25) is 14.4 Å². The first kappa shape index (κ1) is 23.0. The van der Waals surface area contributed by atoms with Gasteiger partial charge >= 0.3 is 0 Å². The molecule has 0 radical (unpaired) electrons. The van der Waals surface area contributed by atoms with Crippen molar-refractivity contribution in [3.8, 4) is 0 Å². The Kier molecular flexibility index (Phi) is 6.90. The van der Waals surface area contributed by atoms with Gasteiger partial charge in [-0.2, -0.15) is 0 Å². The number of amides is 2. The van der Waals surface area contributed by atoms with Crippen LogP contribution in [-0.4, -0.2) is 16.4 Å². The van der Waals surface area contributed by atoms with E-state index in [4.69, 9.17) is 11.6 Å². The highest BCUT2D eigenvalue weighted by Gasteiger charge is 2.13. The topological polar surface area (TPSA) is 80.2 Å². The van der Waals surface area contributed by atoms with E-state index in [9.17, 15) is 14.4 Å². The average Bonchev–Trinajstić information content (AvgIpc) is 2.83. The van der Waals surface area contributed by atoms with E-state index in [-0.39, 0.29) is 18.0 Å². The average molecular weight is 472 g/mol. The summed E-state index contributed by atoms with van der Waals surface area (Å²) < 4.78 is 1.44. The summed E-state index contributed by atoms with van der Waals surface area (Å²) in [7, 11) is 0. The maximum atomic E-state index is 13.0. The summed E-state index contributed by atoms with van der Waals surface area (Å²) in [5, 5.41) is 6.22. The second kappa shape index (κ2) is 10.2. The summed E-state index contributed by atoms with van der Waals surface area (Å²) in [5.41, 5.74) is 3.24. The minimum atomic E-state index is -0.392. The molecule has 0 fully saturated rings. The Hall–Kier alpha value is -4.16. The van der Waals surface area contributed by atoms with Gasteiger partial charge in [-0.25, -0.2) is 0 Å². The quantitative estimate of drug-likeness (QED) is 0.397. The van der Waals surface area contributed by atoms with Crippen molar-refractivity contribution in [3.63, 3.8) is 0 Å². The Labute approximate surface area is 201 Å². The number of carbonyl (C=O) groups is 2. The van der Waals surface area contributed by atoms with Crippen LogP contribution in [0.25, 0.3) is 0 Å². The molecule has 1 heterocycles. The lowest BCUT2D eigenvalue weighted by molar-refractivity contribution is 0.101. The zero-order chi connectivity index (χ0) is 24.1. The number of hydrogen-bond acceptors (Lipinski definition) is 3. The molecule has 0 atom stereocenters. The van der Waals surface area contributed by atoms with Crippen molar-refractivity contribution in [2.75, 3.05) is 10.6 Å². The van der Waals surface area contributed by atoms with Crippen molar-refractivity contribution in [2.45, 2.75) is 13.5 Å². The van der Waals surface area contributed by atoms with Crippen LogP contribution >= 0.6 is 11.6 Å². The van der Waals surface area contributed by atoms with E-state index in [1.165, 1.54) is 22.9 Å². The van der Waals surface area contributed by atoms with Crippen molar-refractivity contribution in [2.24, 2.45) is 0 Å². The van der Waals surface area contributed by atoms with E-state index < -0.39 is 5.91 Å². The molecule has 0 bridgehead atoms. The molecule has 7 heteroatoms. The molecule has 1 aromatic heterocycles. The summed E-state index contributed by atoms with van der Waals surface area (Å²) in [5.74, 6) is -0.674. The number of hydrogen-bond donors (Lipinski definition) is 2. The minimum absolute atomic E-state index is 0.243. The fraction of sp³-hybridized carbons (Fsp3) is 0.0741. The number of para-hydroxylation sites is 1. The number of anilines is 2. The van der Waals surface area contributed by atoms with Crippen LogP contribution in [0.5, 0.6) is 0 Å². The van der Waals surface area contributed by atoms with Gasteiger partial charge in [0.05, 0.1) is 12.1 Å². The largest absolute Gasteiger partial charge is 0.322 e. The molecular weight excluding hydrogens is 450 g/mol. The Balaban J connectivity index is 1.53. The van der Waals surface area contributed by atoms with Gasteiger partial charge in [-0.1, -0.05) is 54.1 Å². The van der Waals surface area contributed by atoms with Crippen LogP contribution in [0, 0.1) is 6.92 Å². The summed E-state index contributed by atoms with van der Waals surface area (Å²) >= 11 is 6.22. The van der Waals surface area contributed by atoms with Gasteiger partial charge in [-0.15, -0.1) is 0 Å². The van der Waals surface area contributed by atoms with Gasteiger partial charge in [0, 0.05) is 34.2 Å². The number of benzene rings is 3. The molecule has 4 rings (SSSR count). The fourth-order valence-electron chi connectivity index (χ4n) is 3.42. The van der Waals surface area contributed by atoms with Gasteiger partial charge in [0.25, 0.3) is 17.4 Å². The molecular formula is C27H22ClN3O3. The van der Waals surface area contributed by atoms with E-state index >= 15 is 0 Å². The third-order valence-electron chi connectivity index (χ3n) is 5.32. The van der Waals surface area contributed by atoms with Crippen LogP contribution in [0.3, 0.4) is 0 Å². The van der Waals surface area contributed by atoms with Crippen LogP contribution in [0.15, 0.2) is 95.9 Å². The van der Waals surface area contributed by atoms with Gasteiger partial charge in [0.1, 0.15) is 0 Å². The first-order valence-corrected chi connectivity index (χ1v) is 11.0. The molecule has 0 saturated heterocycles. The normalized spacial score (nSPS) is 10.5. The van der Waals surface area contributed by atoms with Gasteiger partial charge in [0.15, 0.2) is 0 Å². The standard InChI is InChI=1S/C27H22ClN3O3/c1-18-11-12-19(26(33)29-22-8-3-2-4-9-22)15-24(18)30-27(34)21-13-14-25(32)31(17-21)16-20-7-5-6-10-23(20)28/h2-15,17H,16H2,1H3,(H,29,33)(H,30,34). The Bertz CT molecular complexity index is 1410. The molecule has 0 aliphatic heterocycles. The van der Waals surface area contributed by atoms with Gasteiger partial charge in [-0.05, 0) is 54.4 Å². The van der Waals surface area contributed by atoms with Crippen LogP contribution in [-0.2, 0) is 6.54 Å². The molecule has 0 unspecified atom stereocenters. The molecule has 0 spiro atoms. The van der Waals surface area contributed by atoms with Crippen molar-refractivity contribution >= 4 is 34.8 Å². The third-order valence-corrected chi connectivity index (χ3v) is 5.69. The number of aryl methyl sites for hydroxylation is 1. The maximum Gasteiger partial charge on any atom is 0.257 e. The van der Waals surface area contributed by atoms with E-state index in [1.807, 2.05) is 43.3 Å². The Morgan fingerprint density at radius 2 is 1.50 bits per heavy atom. The lowest BCUT2D eigenvalue weighted by atomic mass is 10.1. The lowest BCUT2D eigenvalue weighted by Gasteiger charge is -2.13. The highest BCUT2D eigenvalue weighted by atomic mass is 35.5. The van der Waals surface area contributed by atoms with E-state index in [2.05, 4.69) is 10.6 Å².